The lowest BCUT2D eigenvalue weighted by atomic mass is 10.1. The van der Waals surface area contributed by atoms with E-state index in [1.807, 2.05) is 24.4 Å². The van der Waals surface area contributed by atoms with Crippen molar-refractivity contribution in [2.24, 2.45) is 0 Å². The molecule has 0 aliphatic heterocycles. The summed E-state index contributed by atoms with van der Waals surface area (Å²) in [5.74, 6) is -1.01. The third-order valence-corrected chi connectivity index (χ3v) is 4.25. The van der Waals surface area contributed by atoms with Crippen molar-refractivity contribution in [3.05, 3.63) is 51.7 Å². The third kappa shape index (κ3) is 4.25. The van der Waals surface area contributed by atoms with E-state index in [1.54, 1.807) is 23.3 Å². The third-order valence-electron chi connectivity index (χ3n) is 3.31. The number of nitrogens with zero attached hydrogens (tertiary/aromatic N) is 1. The topological polar surface area (TPSA) is 15.3 Å². The van der Waals surface area contributed by atoms with Gasteiger partial charge in [-0.25, -0.2) is 8.78 Å². The van der Waals surface area contributed by atoms with E-state index in [2.05, 4.69) is 5.32 Å². The average molecular weight is 310 g/mol. The van der Waals surface area contributed by atoms with E-state index in [1.165, 1.54) is 17.0 Å². The molecule has 1 N–H and O–H groups in total. The van der Waals surface area contributed by atoms with Crippen LogP contribution in [0.3, 0.4) is 0 Å². The molecular formula is C16H20F2N2S. The monoisotopic (exact) mass is 310 g/mol. The van der Waals surface area contributed by atoms with E-state index in [4.69, 9.17) is 0 Å². The van der Waals surface area contributed by atoms with Crippen molar-refractivity contribution in [1.82, 2.24) is 5.32 Å². The van der Waals surface area contributed by atoms with Gasteiger partial charge in [0.25, 0.3) is 0 Å². The Morgan fingerprint density at radius 2 is 1.95 bits per heavy atom. The van der Waals surface area contributed by atoms with Crippen LogP contribution >= 0.6 is 11.3 Å². The van der Waals surface area contributed by atoms with Gasteiger partial charge in [-0.05, 0) is 42.1 Å². The summed E-state index contributed by atoms with van der Waals surface area (Å²) in [4.78, 5) is 2.85. The lowest BCUT2D eigenvalue weighted by Gasteiger charge is -2.21. The van der Waals surface area contributed by atoms with Crippen LogP contribution in [-0.2, 0) is 13.0 Å². The molecule has 1 aromatic carbocycles. The average Bonchev–Trinajstić information content (AvgIpc) is 2.95. The second-order valence-corrected chi connectivity index (χ2v) is 5.97. The highest BCUT2D eigenvalue weighted by atomic mass is 32.1. The number of nitrogens with one attached hydrogen (secondary N) is 1. The molecular weight excluding hydrogens is 290 g/mol. The summed E-state index contributed by atoms with van der Waals surface area (Å²) >= 11 is 1.66. The first-order chi connectivity index (χ1) is 10.1. The minimum atomic E-state index is -0.503. The molecule has 0 aliphatic rings. The van der Waals surface area contributed by atoms with Gasteiger partial charge in [-0.15, -0.1) is 11.3 Å². The SMILES string of the molecule is CCNCc1cc(F)c(N(C)CCc2cccs2)c(F)c1. The molecule has 0 spiro atoms. The van der Waals surface area contributed by atoms with E-state index >= 15 is 0 Å². The van der Waals surface area contributed by atoms with E-state index < -0.39 is 11.6 Å². The van der Waals surface area contributed by atoms with Gasteiger partial charge >= 0.3 is 0 Å². The molecule has 0 saturated heterocycles. The van der Waals surface area contributed by atoms with Gasteiger partial charge in [-0.1, -0.05) is 13.0 Å². The highest BCUT2D eigenvalue weighted by Gasteiger charge is 2.15. The Hall–Kier alpha value is -1.46. The van der Waals surface area contributed by atoms with Gasteiger partial charge in [0.1, 0.15) is 17.3 Å². The summed E-state index contributed by atoms with van der Waals surface area (Å²) in [6.45, 7) is 3.79. The maximum absolute atomic E-state index is 14.1. The number of thiophene rings is 1. The summed E-state index contributed by atoms with van der Waals surface area (Å²) in [5.41, 5.74) is 0.675. The second kappa shape index (κ2) is 7.52. The lowest BCUT2D eigenvalue weighted by Crippen LogP contribution is -2.23. The van der Waals surface area contributed by atoms with Crippen LogP contribution in [0.5, 0.6) is 0 Å². The first kappa shape index (κ1) is 15.9. The molecule has 0 atom stereocenters. The molecule has 0 bridgehead atoms. The fraction of sp³-hybridized carbons (Fsp3) is 0.375. The van der Waals surface area contributed by atoms with Crippen molar-refractivity contribution in [3.8, 4) is 0 Å². The van der Waals surface area contributed by atoms with Crippen molar-refractivity contribution < 1.29 is 8.78 Å². The predicted molar refractivity (Wildman–Crippen MR) is 85.0 cm³/mol. The zero-order chi connectivity index (χ0) is 15.2. The molecule has 0 aliphatic carbocycles. The molecule has 2 rings (SSSR count). The Morgan fingerprint density at radius 3 is 2.52 bits per heavy atom. The minimum absolute atomic E-state index is 0.0480. The Morgan fingerprint density at radius 1 is 1.24 bits per heavy atom. The van der Waals surface area contributed by atoms with Crippen LogP contribution in [0.25, 0.3) is 0 Å². The van der Waals surface area contributed by atoms with Crippen molar-refractivity contribution in [1.29, 1.82) is 0 Å². The van der Waals surface area contributed by atoms with Crippen LogP contribution in [0.4, 0.5) is 14.5 Å². The standard InChI is InChI=1S/C16H20F2N2S/c1-3-19-11-12-9-14(17)16(15(18)10-12)20(2)7-6-13-5-4-8-21-13/h4-5,8-10,19H,3,6-7,11H2,1-2H3. The van der Waals surface area contributed by atoms with Crippen LogP contribution in [0, 0.1) is 11.6 Å². The Labute approximate surface area is 128 Å². The summed E-state index contributed by atoms with van der Waals surface area (Å²) in [6, 6.07) is 6.83. The molecule has 21 heavy (non-hydrogen) atoms. The quantitative estimate of drug-likeness (QED) is 0.836. The van der Waals surface area contributed by atoms with Crippen LogP contribution < -0.4 is 10.2 Å². The summed E-state index contributed by atoms with van der Waals surface area (Å²) in [5, 5.41) is 5.07. The molecule has 2 aromatic rings. The van der Waals surface area contributed by atoms with E-state index in [0.717, 1.165) is 13.0 Å². The number of hydrogen-bond donors (Lipinski definition) is 1. The number of benzene rings is 1. The minimum Gasteiger partial charge on any atom is -0.369 e. The first-order valence-corrected chi connectivity index (χ1v) is 7.92. The normalized spacial score (nSPS) is 10.9. The van der Waals surface area contributed by atoms with Crippen molar-refractivity contribution in [2.45, 2.75) is 19.9 Å². The fourth-order valence-corrected chi connectivity index (χ4v) is 2.90. The maximum Gasteiger partial charge on any atom is 0.149 e. The number of rotatable bonds is 7. The first-order valence-electron chi connectivity index (χ1n) is 7.04. The zero-order valence-corrected chi connectivity index (χ0v) is 13.1. The van der Waals surface area contributed by atoms with Crippen molar-refractivity contribution >= 4 is 17.0 Å². The zero-order valence-electron chi connectivity index (χ0n) is 12.3. The molecule has 0 saturated carbocycles. The van der Waals surface area contributed by atoms with Gasteiger partial charge in [0.15, 0.2) is 0 Å². The molecule has 2 nitrogen and oxygen atoms in total. The Kier molecular flexibility index (Phi) is 5.70. The highest BCUT2D eigenvalue weighted by molar-refractivity contribution is 7.09. The van der Waals surface area contributed by atoms with Gasteiger partial charge in [0.05, 0.1) is 0 Å². The van der Waals surface area contributed by atoms with Crippen LogP contribution in [0.15, 0.2) is 29.6 Å². The summed E-state index contributed by atoms with van der Waals surface area (Å²) in [6.07, 6.45) is 0.784. The molecule has 0 fully saturated rings. The van der Waals surface area contributed by atoms with Crippen LogP contribution in [-0.4, -0.2) is 20.1 Å². The van der Waals surface area contributed by atoms with Gasteiger partial charge in [-0.2, -0.15) is 0 Å². The van der Waals surface area contributed by atoms with Crippen LogP contribution in [0.1, 0.15) is 17.4 Å². The molecule has 0 unspecified atom stereocenters. The smallest absolute Gasteiger partial charge is 0.149 e. The fourth-order valence-electron chi connectivity index (χ4n) is 2.20. The second-order valence-electron chi connectivity index (χ2n) is 4.94. The molecule has 1 aromatic heterocycles. The number of hydrogen-bond acceptors (Lipinski definition) is 3. The number of anilines is 1. The van der Waals surface area contributed by atoms with Gasteiger partial charge in [0, 0.05) is 25.0 Å². The van der Waals surface area contributed by atoms with E-state index in [-0.39, 0.29) is 5.69 Å². The summed E-state index contributed by atoms with van der Waals surface area (Å²) in [7, 11) is 1.72. The lowest BCUT2D eigenvalue weighted by molar-refractivity contribution is 0.570. The molecule has 114 valence electrons. The number of halogens is 2. The molecule has 0 amide bonds. The summed E-state index contributed by atoms with van der Waals surface area (Å²) < 4.78 is 28.3. The van der Waals surface area contributed by atoms with Gasteiger partial charge < -0.3 is 10.2 Å². The Bertz CT molecular complexity index is 547. The van der Waals surface area contributed by atoms with Crippen molar-refractivity contribution in [2.75, 3.05) is 25.0 Å². The van der Waals surface area contributed by atoms with E-state index in [0.29, 0.717) is 18.7 Å². The highest BCUT2D eigenvalue weighted by Crippen LogP contribution is 2.24. The maximum atomic E-state index is 14.1. The van der Waals surface area contributed by atoms with Crippen LogP contribution in [0.2, 0.25) is 0 Å². The molecule has 0 radical (unpaired) electrons. The van der Waals surface area contributed by atoms with Gasteiger partial charge in [0.2, 0.25) is 0 Å². The molecule has 5 heteroatoms. The van der Waals surface area contributed by atoms with E-state index in [9.17, 15) is 8.78 Å². The van der Waals surface area contributed by atoms with Gasteiger partial charge in [-0.3, -0.25) is 0 Å². The van der Waals surface area contributed by atoms with Crippen molar-refractivity contribution in [3.63, 3.8) is 0 Å². The molecule has 1 heterocycles. The number of likely N-dealkylation sites (N-methyl/N-ethyl adjacent to an activating group) is 1. The Balaban J connectivity index is 2.07. The largest absolute Gasteiger partial charge is 0.369 e. The predicted octanol–water partition coefficient (Wildman–Crippen LogP) is 3.81.